The van der Waals surface area contributed by atoms with Crippen molar-refractivity contribution in [1.29, 1.82) is 0 Å². The number of carbonyl (C=O) groups excluding carboxylic acids is 1. The molecule has 2 rings (SSSR count). The number of fused-ring (bicyclic) bond motifs is 2. The van der Waals surface area contributed by atoms with Gasteiger partial charge in [0.15, 0.2) is 0 Å². The Bertz CT molecular complexity index is 401. The van der Waals surface area contributed by atoms with Crippen LogP contribution in [0.1, 0.15) is 47.0 Å². The van der Waals surface area contributed by atoms with Crippen LogP contribution in [0.5, 0.6) is 0 Å². The summed E-state index contributed by atoms with van der Waals surface area (Å²) in [4.78, 5) is 25.9. The van der Waals surface area contributed by atoms with Crippen molar-refractivity contribution in [2.75, 3.05) is 6.61 Å². The molecule has 2 bridgehead atoms. The average Bonchev–Trinajstić information content (AvgIpc) is 2.84. The zero-order valence-corrected chi connectivity index (χ0v) is 12.1. The van der Waals surface area contributed by atoms with E-state index >= 15 is 0 Å². The zero-order chi connectivity index (χ0) is 14.4. The van der Waals surface area contributed by atoms with Crippen molar-refractivity contribution in [3.63, 3.8) is 0 Å². The molecule has 2 aliphatic rings. The van der Waals surface area contributed by atoms with Gasteiger partial charge in [0.2, 0.25) is 0 Å². The Balaban J connectivity index is 2.40. The van der Waals surface area contributed by atoms with E-state index in [4.69, 9.17) is 4.74 Å². The van der Waals surface area contributed by atoms with Gasteiger partial charge in [0.05, 0.1) is 6.61 Å². The number of carboxylic acid groups (broad SMARTS) is 1. The van der Waals surface area contributed by atoms with Gasteiger partial charge in [-0.25, -0.2) is 0 Å². The minimum atomic E-state index is -0.889. The predicted molar refractivity (Wildman–Crippen MR) is 69.7 cm³/mol. The topological polar surface area (TPSA) is 66.8 Å². The maximum absolute atomic E-state index is 12.2. The van der Waals surface area contributed by atoms with Crippen LogP contribution in [-0.2, 0) is 14.3 Å². The molecule has 1 aliphatic heterocycles. The van der Waals surface area contributed by atoms with E-state index in [9.17, 15) is 14.7 Å². The fraction of sp³-hybridized carbons (Fsp3) is 0.857. The molecule has 2 fully saturated rings. The molecular weight excluding hydrogens is 246 g/mol. The van der Waals surface area contributed by atoms with Gasteiger partial charge < -0.3 is 9.84 Å². The molecule has 19 heavy (non-hydrogen) atoms. The van der Waals surface area contributed by atoms with Crippen LogP contribution in [0.3, 0.4) is 0 Å². The van der Waals surface area contributed by atoms with Crippen LogP contribution < -0.4 is 0 Å². The molecule has 5 heteroatoms. The first-order valence-electron chi connectivity index (χ1n) is 6.93. The molecule has 1 aliphatic carbocycles. The Morgan fingerprint density at radius 2 is 2.05 bits per heavy atom. The number of ether oxygens (including phenoxy) is 1. The average molecular weight is 269 g/mol. The second-order valence-electron chi connectivity index (χ2n) is 6.58. The van der Waals surface area contributed by atoms with Crippen LogP contribution >= 0.6 is 0 Å². The van der Waals surface area contributed by atoms with Crippen molar-refractivity contribution in [3.05, 3.63) is 0 Å². The van der Waals surface area contributed by atoms with Gasteiger partial charge >= 0.3 is 11.9 Å². The Hall–Kier alpha value is -1.10. The number of hydrogen-bond donors (Lipinski definition) is 1. The maximum Gasteiger partial charge on any atom is 0.324 e. The minimum Gasteiger partial charge on any atom is -0.480 e. The Labute approximate surface area is 113 Å². The maximum atomic E-state index is 12.2. The third-order valence-corrected chi connectivity index (χ3v) is 4.36. The summed E-state index contributed by atoms with van der Waals surface area (Å²) in [5, 5.41) is 9.66. The number of hydrogen-bond acceptors (Lipinski definition) is 4. The molecule has 1 saturated heterocycles. The Kier molecular flexibility index (Phi) is 3.37. The molecule has 0 spiro atoms. The first-order valence-corrected chi connectivity index (χ1v) is 6.93. The van der Waals surface area contributed by atoms with Gasteiger partial charge in [-0.3, -0.25) is 14.5 Å². The number of likely N-dealkylation sites (tertiary alicyclic amines) is 1. The molecule has 3 atom stereocenters. The Morgan fingerprint density at radius 1 is 1.42 bits per heavy atom. The number of nitrogens with zero attached hydrogens (tertiary/aromatic N) is 1. The summed E-state index contributed by atoms with van der Waals surface area (Å²) < 4.78 is 5.16. The summed E-state index contributed by atoms with van der Waals surface area (Å²) in [7, 11) is 0. The highest BCUT2D eigenvalue weighted by Gasteiger charge is 2.65. The van der Waals surface area contributed by atoms with Gasteiger partial charge in [-0.15, -0.1) is 0 Å². The van der Waals surface area contributed by atoms with E-state index < -0.39 is 17.6 Å². The largest absolute Gasteiger partial charge is 0.480 e. The molecule has 5 nitrogen and oxygen atoms in total. The van der Waals surface area contributed by atoms with Crippen molar-refractivity contribution in [2.24, 2.45) is 5.92 Å². The first kappa shape index (κ1) is 14.3. The highest BCUT2D eigenvalue weighted by molar-refractivity contribution is 5.85. The van der Waals surface area contributed by atoms with Gasteiger partial charge in [0.1, 0.15) is 11.6 Å². The van der Waals surface area contributed by atoms with Crippen molar-refractivity contribution in [3.8, 4) is 0 Å². The van der Waals surface area contributed by atoms with Gasteiger partial charge in [-0.05, 0) is 52.9 Å². The highest BCUT2D eigenvalue weighted by atomic mass is 16.5. The predicted octanol–water partition coefficient (Wildman–Crippen LogP) is 1.66. The number of aliphatic carboxylic acids is 1. The third kappa shape index (κ3) is 2.04. The fourth-order valence-electron chi connectivity index (χ4n) is 3.91. The quantitative estimate of drug-likeness (QED) is 0.789. The highest BCUT2D eigenvalue weighted by Crippen LogP contribution is 2.53. The van der Waals surface area contributed by atoms with Crippen molar-refractivity contribution in [1.82, 2.24) is 4.90 Å². The second kappa shape index (κ2) is 4.47. The molecular formula is C14H23NO4. The lowest BCUT2D eigenvalue weighted by Crippen LogP contribution is -2.63. The summed E-state index contributed by atoms with van der Waals surface area (Å²) in [5.41, 5.74) is -1.26. The van der Waals surface area contributed by atoms with Gasteiger partial charge in [-0.1, -0.05) is 0 Å². The molecule has 0 radical (unpaired) electrons. The number of piperidine rings is 1. The van der Waals surface area contributed by atoms with Gasteiger partial charge in [0.25, 0.3) is 0 Å². The molecule has 1 saturated carbocycles. The first-order chi connectivity index (χ1) is 8.74. The van der Waals surface area contributed by atoms with E-state index in [1.807, 2.05) is 25.7 Å². The SMILES string of the molecule is CCOC(=O)C1[C@@H]2CC[C@@](C(=O)O)(C2)N1C(C)(C)C. The van der Waals surface area contributed by atoms with Crippen molar-refractivity contribution >= 4 is 11.9 Å². The number of rotatable bonds is 3. The lowest BCUT2D eigenvalue weighted by atomic mass is 9.88. The summed E-state index contributed by atoms with van der Waals surface area (Å²) >= 11 is 0. The number of esters is 1. The van der Waals surface area contributed by atoms with E-state index in [-0.39, 0.29) is 17.4 Å². The molecule has 0 amide bonds. The van der Waals surface area contributed by atoms with Gasteiger partial charge in [-0.2, -0.15) is 0 Å². The van der Waals surface area contributed by atoms with E-state index in [2.05, 4.69) is 0 Å². The lowest BCUT2D eigenvalue weighted by Gasteiger charge is -2.47. The fourth-order valence-corrected chi connectivity index (χ4v) is 3.91. The van der Waals surface area contributed by atoms with Crippen LogP contribution in [0.4, 0.5) is 0 Å². The summed E-state index contributed by atoms with van der Waals surface area (Å²) in [6.45, 7) is 8.00. The monoisotopic (exact) mass is 269 g/mol. The molecule has 0 aromatic rings. The van der Waals surface area contributed by atoms with E-state index in [0.29, 0.717) is 19.4 Å². The number of carbonyl (C=O) groups is 2. The molecule has 1 heterocycles. The summed E-state index contributed by atoms with van der Waals surface area (Å²) in [5.74, 6) is -0.976. The molecule has 0 aromatic carbocycles. The Morgan fingerprint density at radius 3 is 2.53 bits per heavy atom. The second-order valence-corrected chi connectivity index (χ2v) is 6.58. The normalized spacial score (nSPS) is 34.5. The van der Waals surface area contributed by atoms with Crippen LogP contribution in [0.2, 0.25) is 0 Å². The molecule has 1 unspecified atom stereocenters. The molecule has 108 valence electrons. The zero-order valence-electron chi connectivity index (χ0n) is 12.1. The number of carboxylic acids is 1. The summed E-state index contributed by atoms with van der Waals surface area (Å²) in [6.07, 6.45) is 1.98. The van der Waals surface area contributed by atoms with E-state index in [1.165, 1.54) is 0 Å². The van der Waals surface area contributed by atoms with E-state index in [0.717, 1.165) is 6.42 Å². The van der Waals surface area contributed by atoms with Crippen LogP contribution in [0, 0.1) is 5.92 Å². The van der Waals surface area contributed by atoms with Crippen LogP contribution in [0.15, 0.2) is 0 Å². The standard InChI is InChI=1S/C14H23NO4/c1-5-19-11(16)10-9-6-7-14(8-9,12(17)18)15(10)13(2,3)4/h9-10H,5-8H2,1-4H3,(H,17,18)/t9-,10?,14+/m1/s1. The van der Waals surface area contributed by atoms with Crippen LogP contribution in [-0.4, -0.2) is 45.7 Å². The van der Waals surface area contributed by atoms with Crippen molar-refractivity contribution < 1.29 is 19.4 Å². The lowest BCUT2D eigenvalue weighted by molar-refractivity contribution is -0.165. The minimum absolute atomic E-state index is 0.106. The molecule has 1 N–H and O–H groups in total. The van der Waals surface area contributed by atoms with Crippen molar-refractivity contribution in [2.45, 2.75) is 64.1 Å². The van der Waals surface area contributed by atoms with Gasteiger partial charge in [0, 0.05) is 5.54 Å². The summed E-state index contributed by atoms with van der Waals surface area (Å²) in [6, 6.07) is -0.412. The smallest absolute Gasteiger partial charge is 0.324 e. The van der Waals surface area contributed by atoms with E-state index in [1.54, 1.807) is 6.92 Å². The van der Waals surface area contributed by atoms with Crippen LogP contribution in [0.25, 0.3) is 0 Å². The third-order valence-electron chi connectivity index (χ3n) is 4.36. The molecule has 0 aromatic heterocycles.